The number of ketones is 1. The molecule has 2 aromatic rings. The van der Waals surface area contributed by atoms with Crippen LogP contribution in [0.1, 0.15) is 25.8 Å². The predicted octanol–water partition coefficient (Wildman–Crippen LogP) is 2.66. The van der Waals surface area contributed by atoms with Gasteiger partial charge in [0.15, 0.2) is 5.78 Å². The monoisotopic (exact) mass is 279 g/mol. The zero-order valence-corrected chi connectivity index (χ0v) is 11.7. The van der Waals surface area contributed by atoms with Crippen LogP contribution < -0.4 is 0 Å². The van der Waals surface area contributed by atoms with Gasteiger partial charge in [-0.1, -0.05) is 0 Å². The zero-order valence-electron chi connectivity index (χ0n) is 10.8. The highest BCUT2D eigenvalue weighted by molar-refractivity contribution is 7.12. The van der Waals surface area contributed by atoms with Crippen molar-refractivity contribution in [1.29, 1.82) is 0 Å². The van der Waals surface area contributed by atoms with Crippen LogP contribution in [0.2, 0.25) is 0 Å². The fraction of sp³-hybridized carbons (Fsp3) is 0.333. The maximum atomic E-state index is 12.2. The standard InChI is InChI=1S/C12H13N3O3S/c1-7-4-12(15(17)18)13-14(7)6-11(16)10-5-8(2)19-9(10)3/h4-5H,6H2,1-3H3. The third-order valence-corrected chi connectivity index (χ3v) is 3.76. The van der Waals surface area contributed by atoms with Gasteiger partial charge in [-0.3, -0.25) is 4.79 Å². The molecule has 0 N–H and O–H groups in total. The highest BCUT2D eigenvalue weighted by atomic mass is 32.1. The molecule has 0 spiro atoms. The Kier molecular flexibility index (Phi) is 3.48. The van der Waals surface area contributed by atoms with E-state index in [0.717, 1.165) is 9.75 Å². The molecule has 6 nitrogen and oxygen atoms in total. The Labute approximate surface area is 113 Å². The Morgan fingerprint density at radius 3 is 2.58 bits per heavy atom. The Morgan fingerprint density at radius 2 is 2.11 bits per heavy atom. The van der Waals surface area contributed by atoms with Gasteiger partial charge in [-0.2, -0.15) is 4.68 Å². The van der Waals surface area contributed by atoms with E-state index in [2.05, 4.69) is 5.10 Å². The molecule has 2 aromatic heterocycles. The molecule has 7 heteroatoms. The maximum absolute atomic E-state index is 12.2. The molecule has 0 aliphatic carbocycles. The molecule has 2 heterocycles. The van der Waals surface area contributed by atoms with Crippen molar-refractivity contribution in [2.45, 2.75) is 27.3 Å². The average Bonchev–Trinajstić information content (AvgIpc) is 2.83. The molecular formula is C12H13N3O3S. The molecule has 19 heavy (non-hydrogen) atoms. The normalized spacial score (nSPS) is 10.7. The van der Waals surface area contributed by atoms with Gasteiger partial charge in [0.1, 0.15) is 6.54 Å². The lowest BCUT2D eigenvalue weighted by molar-refractivity contribution is -0.389. The summed E-state index contributed by atoms with van der Waals surface area (Å²) in [5, 5.41) is 14.4. The van der Waals surface area contributed by atoms with E-state index in [1.165, 1.54) is 10.7 Å². The summed E-state index contributed by atoms with van der Waals surface area (Å²) < 4.78 is 1.37. The summed E-state index contributed by atoms with van der Waals surface area (Å²) in [6.45, 7) is 5.55. The first-order chi connectivity index (χ1) is 8.88. The van der Waals surface area contributed by atoms with Gasteiger partial charge >= 0.3 is 5.82 Å². The van der Waals surface area contributed by atoms with E-state index < -0.39 is 4.92 Å². The van der Waals surface area contributed by atoms with Crippen LogP contribution in [0.4, 0.5) is 5.82 Å². The molecule has 0 amide bonds. The topological polar surface area (TPSA) is 78.0 Å². The summed E-state index contributed by atoms with van der Waals surface area (Å²) >= 11 is 1.56. The molecule has 0 aliphatic heterocycles. The van der Waals surface area contributed by atoms with Crippen molar-refractivity contribution < 1.29 is 9.72 Å². The van der Waals surface area contributed by atoms with E-state index in [1.54, 1.807) is 18.3 Å². The fourth-order valence-corrected chi connectivity index (χ4v) is 2.81. The number of hydrogen-bond donors (Lipinski definition) is 0. The molecule has 0 radical (unpaired) electrons. The molecule has 100 valence electrons. The highest BCUT2D eigenvalue weighted by Gasteiger charge is 2.19. The highest BCUT2D eigenvalue weighted by Crippen LogP contribution is 2.22. The van der Waals surface area contributed by atoms with Gasteiger partial charge in [-0.25, -0.2) is 0 Å². The number of aryl methyl sites for hydroxylation is 3. The molecule has 0 aromatic carbocycles. The molecule has 0 unspecified atom stereocenters. The lowest BCUT2D eigenvalue weighted by atomic mass is 10.1. The van der Waals surface area contributed by atoms with Crippen LogP contribution in [-0.4, -0.2) is 20.5 Å². The van der Waals surface area contributed by atoms with Crippen molar-refractivity contribution in [2.24, 2.45) is 0 Å². The minimum absolute atomic E-state index is 0.0245. The van der Waals surface area contributed by atoms with Crippen molar-refractivity contribution in [2.75, 3.05) is 0 Å². The van der Waals surface area contributed by atoms with E-state index in [4.69, 9.17) is 0 Å². The molecular weight excluding hydrogens is 266 g/mol. The quantitative estimate of drug-likeness (QED) is 0.489. The minimum atomic E-state index is -0.562. The Balaban J connectivity index is 2.24. The second-order valence-corrected chi connectivity index (χ2v) is 5.77. The van der Waals surface area contributed by atoms with Crippen molar-refractivity contribution in [3.8, 4) is 0 Å². The van der Waals surface area contributed by atoms with Crippen LogP contribution in [0.25, 0.3) is 0 Å². The summed E-state index contributed by atoms with van der Waals surface area (Å²) in [6.07, 6.45) is 0. The number of hydrogen-bond acceptors (Lipinski definition) is 5. The van der Waals surface area contributed by atoms with E-state index in [-0.39, 0.29) is 18.1 Å². The average molecular weight is 279 g/mol. The summed E-state index contributed by atoms with van der Waals surface area (Å²) in [5.74, 6) is -0.313. The summed E-state index contributed by atoms with van der Waals surface area (Å²) in [7, 11) is 0. The van der Waals surface area contributed by atoms with Crippen LogP contribution in [0.5, 0.6) is 0 Å². The first kappa shape index (κ1) is 13.4. The van der Waals surface area contributed by atoms with Gasteiger partial charge < -0.3 is 10.1 Å². The van der Waals surface area contributed by atoms with Crippen LogP contribution in [-0.2, 0) is 6.54 Å². The van der Waals surface area contributed by atoms with Gasteiger partial charge in [0.25, 0.3) is 0 Å². The third kappa shape index (κ3) is 2.70. The van der Waals surface area contributed by atoms with Crippen LogP contribution in [0.3, 0.4) is 0 Å². The third-order valence-electron chi connectivity index (χ3n) is 2.79. The number of nitro groups is 1. The smallest absolute Gasteiger partial charge is 0.358 e. The Morgan fingerprint density at radius 1 is 1.42 bits per heavy atom. The number of thiophene rings is 1. The lowest BCUT2D eigenvalue weighted by Crippen LogP contribution is -2.13. The summed E-state index contributed by atoms with van der Waals surface area (Å²) in [5.41, 5.74) is 1.27. The van der Waals surface area contributed by atoms with E-state index in [1.807, 2.05) is 19.9 Å². The molecule has 0 saturated heterocycles. The number of nitrogens with zero attached hydrogens (tertiary/aromatic N) is 3. The Hall–Kier alpha value is -2.02. The van der Waals surface area contributed by atoms with Crippen molar-refractivity contribution in [3.05, 3.63) is 43.3 Å². The summed E-state index contributed by atoms with van der Waals surface area (Å²) in [4.78, 5) is 24.3. The number of carbonyl (C=O) groups is 1. The molecule has 0 fully saturated rings. The molecule has 0 saturated carbocycles. The number of Topliss-reactive ketones (excluding diaryl/α,β-unsaturated/α-hetero) is 1. The second-order valence-electron chi connectivity index (χ2n) is 4.31. The largest absolute Gasteiger partial charge is 0.390 e. The lowest BCUT2D eigenvalue weighted by Gasteiger charge is -1.99. The summed E-state index contributed by atoms with van der Waals surface area (Å²) in [6, 6.07) is 3.20. The first-order valence-electron chi connectivity index (χ1n) is 5.67. The van der Waals surface area contributed by atoms with Gasteiger partial charge in [0.05, 0.1) is 16.9 Å². The van der Waals surface area contributed by atoms with E-state index in [9.17, 15) is 14.9 Å². The van der Waals surface area contributed by atoms with E-state index >= 15 is 0 Å². The van der Waals surface area contributed by atoms with Crippen LogP contribution in [0.15, 0.2) is 12.1 Å². The SMILES string of the molecule is Cc1cc(C(=O)Cn2nc([N+](=O)[O-])cc2C)c(C)s1. The second kappa shape index (κ2) is 4.93. The molecule has 0 bridgehead atoms. The predicted molar refractivity (Wildman–Crippen MR) is 71.7 cm³/mol. The van der Waals surface area contributed by atoms with Gasteiger partial charge in [0, 0.05) is 15.3 Å². The van der Waals surface area contributed by atoms with Crippen molar-refractivity contribution >= 4 is 22.9 Å². The number of carbonyl (C=O) groups excluding carboxylic acids is 1. The zero-order chi connectivity index (χ0) is 14.2. The van der Waals surface area contributed by atoms with E-state index in [0.29, 0.717) is 11.3 Å². The van der Waals surface area contributed by atoms with Gasteiger partial charge in [-0.05, 0) is 31.8 Å². The Bertz CT molecular complexity index is 657. The number of rotatable bonds is 4. The first-order valence-corrected chi connectivity index (χ1v) is 6.49. The number of aromatic nitrogens is 2. The molecule has 2 rings (SSSR count). The van der Waals surface area contributed by atoms with Crippen molar-refractivity contribution in [3.63, 3.8) is 0 Å². The van der Waals surface area contributed by atoms with Gasteiger partial charge in [-0.15, -0.1) is 11.3 Å². The van der Waals surface area contributed by atoms with Crippen molar-refractivity contribution in [1.82, 2.24) is 9.78 Å². The molecule has 0 aliphatic rings. The molecule has 0 atom stereocenters. The maximum Gasteiger partial charge on any atom is 0.390 e. The fourth-order valence-electron chi connectivity index (χ4n) is 1.87. The minimum Gasteiger partial charge on any atom is -0.358 e. The van der Waals surface area contributed by atoms with Crippen LogP contribution in [0, 0.1) is 30.9 Å². The van der Waals surface area contributed by atoms with Gasteiger partial charge in [0.2, 0.25) is 0 Å². The van der Waals surface area contributed by atoms with Crippen LogP contribution >= 0.6 is 11.3 Å².